The van der Waals surface area contributed by atoms with E-state index in [1.165, 1.54) is 9.40 Å². The molecule has 4 aromatic rings. The Balaban J connectivity index is 1.90. The quantitative estimate of drug-likeness (QED) is 0.500. The Kier molecular flexibility index (Phi) is 2.65. The first kappa shape index (κ1) is 11.8. The fourth-order valence-electron chi connectivity index (χ4n) is 2.32. The first-order chi connectivity index (χ1) is 9.83. The fraction of sp³-hybridized carbons (Fsp3) is 0. The van der Waals surface area contributed by atoms with E-state index >= 15 is 0 Å². The number of thiophene rings is 2. The van der Waals surface area contributed by atoms with Crippen LogP contribution in [-0.4, -0.2) is 10.8 Å². The molecule has 4 heteroatoms. The third-order valence-electron chi connectivity index (χ3n) is 3.29. The fourth-order valence-corrected chi connectivity index (χ4v) is 4.38. The highest BCUT2D eigenvalue weighted by Gasteiger charge is 2.15. The third kappa shape index (κ3) is 1.77. The number of nitrogens with zero attached hydrogens (tertiary/aromatic N) is 1. The maximum atomic E-state index is 12.7. The van der Waals surface area contributed by atoms with E-state index in [1.807, 2.05) is 30.3 Å². The van der Waals surface area contributed by atoms with Crippen molar-refractivity contribution in [2.75, 3.05) is 0 Å². The molecule has 0 fully saturated rings. The van der Waals surface area contributed by atoms with Crippen LogP contribution >= 0.6 is 22.7 Å². The minimum absolute atomic E-state index is 0.0806. The zero-order valence-corrected chi connectivity index (χ0v) is 12.0. The van der Waals surface area contributed by atoms with Crippen LogP contribution in [0, 0.1) is 0 Å². The van der Waals surface area contributed by atoms with E-state index in [4.69, 9.17) is 0 Å². The Morgan fingerprint density at radius 3 is 2.95 bits per heavy atom. The molecule has 2 nitrogen and oxygen atoms in total. The summed E-state index contributed by atoms with van der Waals surface area (Å²) in [5.74, 6) is 0.0806. The van der Waals surface area contributed by atoms with Crippen molar-refractivity contribution in [3.05, 3.63) is 64.6 Å². The highest BCUT2D eigenvalue weighted by molar-refractivity contribution is 7.28. The Bertz CT molecular complexity index is 902. The molecule has 4 rings (SSSR count). The molecule has 0 radical (unpaired) electrons. The number of ketones is 1. The molecule has 3 heterocycles. The Labute approximate surface area is 123 Å². The average molecular weight is 295 g/mol. The van der Waals surface area contributed by atoms with Crippen LogP contribution in [0.3, 0.4) is 0 Å². The average Bonchev–Trinajstić information content (AvgIpc) is 3.07. The lowest BCUT2D eigenvalue weighted by atomic mass is 10.0. The maximum absolute atomic E-state index is 12.7. The summed E-state index contributed by atoms with van der Waals surface area (Å²) in [6, 6.07) is 11.8. The third-order valence-corrected chi connectivity index (χ3v) is 5.38. The van der Waals surface area contributed by atoms with Gasteiger partial charge in [-0.15, -0.1) is 22.7 Å². The number of rotatable bonds is 2. The largest absolute Gasteiger partial charge is 0.288 e. The molecule has 0 amide bonds. The van der Waals surface area contributed by atoms with Crippen LogP contribution in [0.15, 0.2) is 54.2 Å². The van der Waals surface area contributed by atoms with Gasteiger partial charge in [0.15, 0.2) is 0 Å². The summed E-state index contributed by atoms with van der Waals surface area (Å²) in [5.41, 5.74) is 0.726. The lowest BCUT2D eigenvalue weighted by molar-refractivity contribution is 0.104. The van der Waals surface area contributed by atoms with Crippen molar-refractivity contribution in [3.8, 4) is 0 Å². The number of pyridine rings is 1. The van der Waals surface area contributed by atoms with Crippen molar-refractivity contribution in [1.82, 2.24) is 4.98 Å². The summed E-state index contributed by atoms with van der Waals surface area (Å²) < 4.78 is 2.36. The molecular weight excluding hydrogens is 286 g/mol. The van der Waals surface area contributed by atoms with E-state index in [0.29, 0.717) is 0 Å². The smallest absolute Gasteiger partial charge is 0.203 e. The van der Waals surface area contributed by atoms with Crippen LogP contribution in [0.1, 0.15) is 15.2 Å². The van der Waals surface area contributed by atoms with E-state index in [2.05, 4.69) is 16.4 Å². The Hall–Kier alpha value is -2.04. The number of carbonyl (C=O) groups excluding carboxylic acids is 1. The normalized spacial score (nSPS) is 11.2. The summed E-state index contributed by atoms with van der Waals surface area (Å²) in [6.45, 7) is 0. The summed E-state index contributed by atoms with van der Waals surface area (Å²) in [7, 11) is 0. The van der Waals surface area contributed by atoms with Gasteiger partial charge in [0.05, 0.1) is 4.88 Å². The molecular formula is C16H9NOS2. The predicted molar refractivity (Wildman–Crippen MR) is 84.9 cm³/mol. The number of carbonyl (C=O) groups is 1. The molecule has 96 valence electrons. The van der Waals surface area contributed by atoms with Gasteiger partial charge in [-0.3, -0.25) is 9.78 Å². The molecule has 3 aromatic heterocycles. The molecule has 0 N–H and O–H groups in total. The van der Waals surface area contributed by atoms with Gasteiger partial charge in [0.2, 0.25) is 5.78 Å². The second kappa shape index (κ2) is 4.51. The number of hydrogen-bond acceptors (Lipinski definition) is 4. The first-order valence-electron chi connectivity index (χ1n) is 6.17. The van der Waals surface area contributed by atoms with E-state index in [-0.39, 0.29) is 5.78 Å². The number of fused-ring (bicyclic) bond motifs is 2. The predicted octanol–water partition coefficient (Wildman–Crippen LogP) is 4.74. The molecule has 0 spiro atoms. The summed E-state index contributed by atoms with van der Waals surface area (Å²) >= 11 is 3.23. The molecule has 0 saturated heterocycles. The molecule has 0 saturated carbocycles. The molecule has 20 heavy (non-hydrogen) atoms. The van der Waals surface area contributed by atoms with Crippen LogP contribution in [0.5, 0.6) is 0 Å². The number of hydrogen-bond donors (Lipinski definition) is 0. The van der Waals surface area contributed by atoms with Gasteiger partial charge in [0.1, 0.15) is 0 Å². The van der Waals surface area contributed by atoms with Gasteiger partial charge >= 0.3 is 0 Å². The molecule has 0 bridgehead atoms. The van der Waals surface area contributed by atoms with E-state index in [1.54, 1.807) is 35.1 Å². The SMILES string of the molecule is O=C(c1cc2sccc2s1)c1cccc2ccncc12. The maximum Gasteiger partial charge on any atom is 0.203 e. The number of aromatic nitrogens is 1. The van der Waals surface area contributed by atoms with E-state index in [0.717, 1.165) is 21.2 Å². The van der Waals surface area contributed by atoms with Crippen LogP contribution in [0.2, 0.25) is 0 Å². The van der Waals surface area contributed by atoms with Crippen molar-refractivity contribution in [3.63, 3.8) is 0 Å². The minimum atomic E-state index is 0.0806. The second-order valence-electron chi connectivity index (χ2n) is 4.49. The lowest BCUT2D eigenvalue weighted by Crippen LogP contribution is -1.99. The Morgan fingerprint density at radius 2 is 2.05 bits per heavy atom. The van der Waals surface area contributed by atoms with E-state index in [9.17, 15) is 4.79 Å². The molecule has 1 aromatic carbocycles. The molecule has 0 aliphatic heterocycles. The first-order valence-corrected chi connectivity index (χ1v) is 7.87. The van der Waals surface area contributed by atoms with Gasteiger partial charge in [-0.2, -0.15) is 0 Å². The standard InChI is InChI=1S/C16H9NOS2/c18-16(15-8-14-13(20-15)5-7-19-14)11-3-1-2-10-4-6-17-9-12(10)11/h1-9H. The highest BCUT2D eigenvalue weighted by Crippen LogP contribution is 2.32. The van der Waals surface area contributed by atoms with Gasteiger partial charge in [0, 0.05) is 32.7 Å². The van der Waals surface area contributed by atoms with E-state index < -0.39 is 0 Å². The molecule has 0 aliphatic rings. The molecule has 0 atom stereocenters. The summed E-state index contributed by atoms with van der Waals surface area (Å²) in [4.78, 5) is 17.6. The van der Waals surface area contributed by atoms with Crippen LogP contribution < -0.4 is 0 Å². The molecule has 0 aliphatic carbocycles. The second-order valence-corrected chi connectivity index (χ2v) is 6.52. The zero-order chi connectivity index (χ0) is 13.5. The number of benzene rings is 1. The Morgan fingerprint density at radius 1 is 1.10 bits per heavy atom. The van der Waals surface area contributed by atoms with Crippen molar-refractivity contribution >= 4 is 48.6 Å². The van der Waals surface area contributed by atoms with Gasteiger partial charge in [-0.1, -0.05) is 18.2 Å². The minimum Gasteiger partial charge on any atom is -0.288 e. The topological polar surface area (TPSA) is 30.0 Å². The molecule has 0 unspecified atom stereocenters. The van der Waals surface area contributed by atoms with Crippen molar-refractivity contribution < 1.29 is 4.79 Å². The van der Waals surface area contributed by atoms with Gasteiger partial charge < -0.3 is 0 Å². The van der Waals surface area contributed by atoms with Crippen molar-refractivity contribution in [2.45, 2.75) is 0 Å². The summed E-state index contributed by atoms with van der Waals surface area (Å²) in [6.07, 6.45) is 3.51. The highest BCUT2D eigenvalue weighted by atomic mass is 32.1. The summed E-state index contributed by atoms with van der Waals surface area (Å²) in [5, 5.41) is 4.01. The van der Waals surface area contributed by atoms with Gasteiger partial charge in [0.25, 0.3) is 0 Å². The van der Waals surface area contributed by atoms with Crippen LogP contribution in [-0.2, 0) is 0 Å². The monoisotopic (exact) mass is 295 g/mol. The zero-order valence-electron chi connectivity index (χ0n) is 10.4. The van der Waals surface area contributed by atoms with Gasteiger partial charge in [-0.05, 0) is 29.0 Å². The lowest BCUT2D eigenvalue weighted by Gasteiger charge is -2.03. The van der Waals surface area contributed by atoms with Gasteiger partial charge in [-0.25, -0.2) is 0 Å². The van der Waals surface area contributed by atoms with Crippen LogP contribution in [0.4, 0.5) is 0 Å². The van der Waals surface area contributed by atoms with Crippen molar-refractivity contribution in [1.29, 1.82) is 0 Å². The van der Waals surface area contributed by atoms with Crippen molar-refractivity contribution in [2.24, 2.45) is 0 Å². The van der Waals surface area contributed by atoms with Crippen LogP contribution in [0.25, 0.3) is 20.2 Å².